The molecule has 356 valence electrons. The van der Waals surface area contributed by atoms with Gasteiger partial charge in [-0.1, -0.05) is 253 Å². The van der Waals surface area contributed by atoms with Crippen molar-refractivity contribution < 1.29 is 28.6 Å². The van der Waals surface area contributed by atoms with Crippen molar-refractivity contribution in [2.45, 2.75) is 298 Å². The molecule has 0 aromatic rings. The molecule has 0 saturated carbocycles. The highest BCUT2D eigenvalue weighted by molar-refractivity contribution is 5.71. The molecule has 0 spiro atoms. The minimum Gasteiger partial charge on any atom is -0.462 e. The van der Waals surface area contributed by atoms with Crippen LogP contribution in [0.15, 0.2) is 0 Å². The molecule has 0 saturated heterocycles. The molecule has 0 N–H and O–H groups in total. The molecule has 1 unspecified atom stereocenters. The fourth-order valence-corrected chi connectivity index (χ4v) is 8.08. The van der Waals surface area contributed by atoms with Crippen molar-refractivity contribution in [1.82, 2.24) is 0 Å². The molecule has 2 atom stereocenters. The van der Waals surface area contributed by atoms with Gasteiger partial charge >= 0.3 is 17.9 Å². The van der Waals surface area contributed by atoms with Crippen LogP contribution in [0, 0.1) is 17.8 Å². The molecule has 0 radical (unpaired) electrons. The molecule has 0 aromatic carbocycles. The molecule has 0 heterocycles. The summed E-state index contributed by atoms with van der Waals surface area (Å²) < 4.78 is 16.8. The van der Waals surface area contributed by atoms with Crippen LogP contribution >= 0.6 is 0 Å². The maximum absolute atomic E-state index is 12.8. The highest BCUT2D eigenvalue weighted by Crippen LogP contribution is 2.18. The molecule has 0 aromatic heterocycles. The first kappa shape index (κ1) is 58.4. The van der Waals surface area contributed by atoms with Gasteiger partial charge < -0.3 is 14.2 Å². The molecule has 6 heteroatoms. The Morgan fingerprint density at radius 2 is 0.583 bits per heavy atom. The zero-order valence-corrected chi connectivity index (χ0v) is 41.3. The maximum atomic E-state index is 12.8. The van der Waals surface area contributed by atoms with Crippen LogP contribution in [0.1, 0.15) is 292 Å². The molecular weight excluding hydrogens is 745 g/mol. The lowest BCUT2D eigenvalue weighted by Gasteiger charge is -2.18. The lowest BCUT2D eigenvalue weighted by atomic mass is 9.99. The van der Waals surface area contributed by atoms with Crippen LogP contribution in [0.3, 0.4) is 0 Å². The standard InChI is InChI=1S/C54H104O6/c1-7-50(6)42-36-30-24-20-21-26-32-38-44-53(56)59-47-51(46-58-52(55)43-37-31-25-18-15-14-17-23-29-35-41-49(4)5)60-54(57)45-39-33-27-19-13-11-9-8-10-12-16-22-28-34-40-48(2)3/h48-51H,7-47H2,1-6H3/t50?,51-/m0/s1. The molecule has 6 nitrogen and oxygen atoms in total. The first-order valence-electron chi connectivity index (χ1n) is 26.6. The van der Waals surface area contributed by atoms with E-state index in [0.29, 0.717) is 19.3 Å². The zero-order chi connectivity index (χ0) is 44.2. The Morgan fingerprint density at radius 1 is 0.333 bits per heavy atom. The van der Waals surface area contributed by atoms with E-state index in [2.05, 4.69) is 41.5 Å². The van der Waals surface area contributed by atoms with Gasteiger partial charge in [0.15, 0.2) is 6.10 Å². The Morgan fingerprint density at radius 3 is 0.867 bits per heavy atom. The topological polar surface area (TPSA) is 78.9 Å². The largest absolute Gasteiger partial charge is 0.462 e. The molecule has 60 heavy (non-hydrogen) atoms. The van der Waals surface area contributed by atoms with Gasteiger partial charge in [0.2, 0.25) is 0 Å². The zero-order valence-electron chi connectivity index (χ0n) is 41.3. The normalized spacial score (nSPS) is 12.6. The lowest BCUT2D eigenvalue weighted by Crippen LogP contribution is -2.30. The summed E-state index contributed by atoms with van der Waals surface area (Å²) in [5, 5.41) is 0. The smallest absolute Gasteiger partial charge is 0.306 e. The average molecular weight is 849 g/mol. The molecule has 0 aliphatic carbocycles. The average Bonchev–Trinajstić information content (AvgIpc) is 3.22. The van der Waals surface area contributed by atoms with E-state index in [9.17, 15) is 14.4 Å². The van der Waals surface area contributed by atoms with Crippen molar-refractivity contribution in [3.63, 3.8) is 0 Å². The van der Waals surface area contributed by atoms with Crippen molar-refractivity contribution in [3.05, 3.63) is 0 Å². The van der Waals surface area contributed by atoms with E-state index in [1.54, 1.807) is 0 Å². The number of esters is 3. The number of carbonyl (C=O) groups is 3. The van der Waals surface area contributed by atoms with Crippen LogP contribution in [-0.2, 0) is 28.6 Å². The summed E-state index contributed by atoms with van der Waals surface area (Å²) in [7, 11) is 0. The van der Waals surface area contributed by atoms with Crippen molar-refractivity contribution >= 4 is 17.9 Å². The van der Waals surface area contributed by atoms with Crippen LogP contribution in [0.4, 0.5) is 0 Å². The summed E-state index contributed by atoms with van der Waals surface area (Å²) in [5.41, 5.74) is 0. The monoisotopic (exact) mass is 849 g/mol. The van der Waals surface area contributed by atoms with Gasteiger partial charge in [-0.3, -0.25) is 14.4 Å². The van der Waals surface area contributed by atoms with Crippen LogP contribution < -0.4 is 0 Å². The van der Waals surface area contributed by atoms with E-state index in [-0.39, 0.29) is 31.1 Å². The maximum Gasteiger partial charge on any atom is 0.306 e. The van der Waals surface area contributed by atoms with Gasteiger partial charge in [0, 0.05) is 19.3 Å². The van der Waals surface area contributed by atoms with Crippen molar-refractivity contribution in [2.24, 2.45) is 17.8 Å². The molecule has 0 rings (SSSR count). The molecule has 0 aliphatic rings. The Bertz CT molecular complexity index is 931. The fourth-order valence-electron chi connectivity index (χ4n) is 8.08. The second-order valence-corrected chi connectivity index (χ2v) is 19.7. The van der Waals surface area contributed by atoms with Gasteiger partial charge in [0.1, 0.15) is 13.2 Å². The summed E-state index contributed by atoms with van der Waals surface area (Å²) in [6.45, 7) is 13.7. The van der Waals surface area contributed by atoms with E-state index >= 15 is 0 Å². The second-order valence-electron chi connectivity index (χ2n) is 19.7. The van der Waals surface area contributed by atoms with Crippen LogP contribution in [0.25, 0.3) is 0 Å². The Kier molecular flexibility index (Phi) is 44.2. The second kappa shape index (κ2) is 45.4. The van der Waals surface area contributed by atoms with Gasteiger partial charge in [-0.15, -0.1) is 0 Å². The number of rotatable bonds is 47. The summed E-state index contributed by atoms with van der Waals surface area (Å²) >= 11 is 0. The number of hydrogen-bond acceptors (Lipinski definition) is 6. The predicted molar refractivity (Wildman–Crippen MR) is 256 cm³/mol. The minimum atomic E-state index is -0.763. The summed E-state index contributed by atoms with van der Waals surface area (Å²) in [5.74, 6) is 1.66. The van der Waals surface area contributed by atoms with E-state index < -0.39 is 6.10 Å². The van der Waals surface area contributed by atoms with E-state index in [1.807, 2.05) is 0 Å². The first-order chi connectivity index (χ1) is 29.1. The molecular formula is C54H104O6. The minimum absolute atomic E-state index is 0.0648. The van der Waals surface area contributed by atoms with Crippen LogP contribution in [0.2, 0.25) is 0 Å². The van der Waals surface area contributed by atoms with Crippen molar-refractivity contribution in [1.29, 1.82) is 0 Å². The van der Waals surface area contributed by atoms with E-state index in [0.717, 1.165) is 75.5 Å². The van der Waals surface area contributed by atoms with Crippen molar-refractivity contribution in [2.75, 3.05) is 13.2 Å². The predicted octanol–water partition coefficient (Wildman–Crippen LogP) is 17.2. The SMILES string of the molecule is CCC(C)CCCCCCCCCCC(=O)OC[C@H](COC(=O)CCCCCCCCCCCCC(C)C)OC(=O)CCCCCCCCCCCCCCCCC(C)C. The third-order valence-corrected chi connectivity index (χ3v) is 12.5. The lowest BCUT2D eigenvalue weighted by molar-refractivity contribution is -0.167. The first-order valence-corrected chi connectivity index (χ1v) is 26.6. The highest BCUT2D eigenvalue weighted by atomic mass is 16.6. The molecule has 0 bridgehead atoms. The van der Waals surface area contributed by atoms with Gasteiger partial charge in [0.25, 0.3) is 0 Å². The van der Waals surface area contributed by atoms with Gasteiger partial charge in [0.05, 0.1) is 0 Å². The molecule has 0 amide bonds. The fraction of sp³-hybridized carbons (Fsp3) is 0.944. The van der Waals surface area contributed by atoms with Gasteiger partial charge in [-0.05, 0) is 37.0 Å². The van der Waals surface area contributed by atoms with E-state index in [1.165, 1.54) is 173 Å². The Hall–Kier alpha value is -1.59. The summed E-state index contributed by atoms with van der Waals surface area (Å²) in [6.07, 6.45) is 45.1. The van der Waals surface area contributed by atoms with Crippen LogP contribution in [-0.4, -0.2) is 37.2 Å². The van der Waals surface area contributed by atoms with Crippen molar-refractivity contribution in [3.8, 4) is 0 Å². The molecule has 0 aliphatic heterocycles. The number of unbranched alkanes of at least 4 members (excludes halogenated alkanes) is 29. The quantitative estimate of drug-likeness (QED) is 0.0345. The van der Waals surface area contributed by atoms with Gasteiger partial charge in [-0.2, -0.15) is 0 Å². The highest BCUT2D eigenvalue weighted by Gasteiger charge is 2.19. The number of hydrogen-bond donors (Lipinski definition) is 0. The number of carbonyl (C=O) groups excluding carboxylic acids is 3. The number of ether oxygens (including phenoxy) is 3. The van der Waals surface area contributed by atoms with Crippen LogP contribution in [0.5, 0.6) is 0 Å². The Balaban J connectivity index is 4.32. The van der Waals surface area contributed by atoms with E-state index in [4.69, 9.17) is 14.2 Å². The Labute approximate surface area is 374 Å². The molecule has 0 fully saturated rings. The van der Waals surface area contributed by atoms with Gasteiger partial charge in [-0.25, -0.2) is 0 Å². The summed E-state index contributed by atoms with van der Waals surface area (Å²) in [4.78, 5) is 38.0. The summed E-state index contributed by atoms with van der Waals surface area (Å²) in [6, 6.07) is 0. The third-order valence-electron chi connectivity index (χ3n) is 12.5. The third kappa shape index (κ3) is 45.9.